The molecule has 0 saturated carbocycles. The monoisotopic (exact) mass is 404 g/mol. The molecule has 2 amide bonds. The highest BCUT2D eigenvalue weighted by molar-refractivity contribution is 7.17. The molecule has 3 N–H and O–H groups in total. The number of amides is 2. The van der Waals surface area contributed by atoms with Crippen LogP contribution in [0, 0.1) is 0 Å². The lowest BCUT2D eigenvalue weighted by Crippen LogP contribution is -2.18. The minimum Gasteiger partial charge on any atom is -0.493 e. The molecule has 7 nitrogen and oxygen atoms in total. The van der Waals surface area contributed by atoms with Crippen LogP contribution in [0.15, 0.2) is 12.1 Å². The summed E-state index contributed by atoms with van der Waals surface area (Å²) in [7, 11) is 4.47. The van der Waals surface area contributed by atoms with E-state index >= 15 is 0 Å². The van der Waals surface area contributed by atoms with Gasteiger partial charge in [-0.25, -0.2) is 0 Å². The maximum atomic E-state index is 12.9. The molecule has 1 aliphatic carbocycles. The molecular formula is C20H24N2O5S. The summed E-state index contributed by atoms with van der Waals surface area (Å²) in [6.45, 7) is 0. The van der Waals surface area contributed by atoms with E-state index < -0.39 is 5.91 Å². The van der Waals surface area contributed by atoms with Gasteiger partial charge in [0.25, 0.3) is 11.8 Å². The summed E-state index contributed by atoms with van der Waals surface area (Å²) in [4.78, 5) is 26.1. The smallest absolute Gasteiger partial charge is 0.256 e. The minimum atomic E-state index is -0.514. The molecule has 8 heteroatoms. The number of anilines is 1. The van der Waals surface area contributed by atoms with Gasteiger partial charge in [-0.3, -0.25) is 9.59 Å². The van der Waals surface area contributed by atoms with Crippen molar-refractivity contribution < 1.29 is 23.8 Å². The van der Waals surface area contributed by atoms with Crippen LogP contribution in [-0.4, -0.2) is 33.1 Å². The number of thiophene rings is 1. The van der Waals surface area contributed by atoms with Gasteiger partial charge >= 0.3 is 0 Å². The average molecular weight is 404 g/mol. The van der Waals surface area contributed by atoms with Crippen LogP contribution in [0.3, 0.4) is 0 Å². The Morgan fingerprint density at radius 3 is 2.21 bits per heavy atom. The molecule has 0 unspecified atom stereocenters. The van der Waals surface area contributed by atoms with Crippen molar-refractivity contribution in [2.45, 2.75) is 32.1 Å². The summed E-state index contributed by atoms with van der Waals surface area (Å²) in [5.74, 6) is 0.271. The van der Waals surface area contributed by atoms with Gasteiger partial charge in [-0.2, -0.15) is 0 Å². The van der Waals surface area contributed by atoms with Gasteiger partial charge in [-0.15, -0.1) is 11.3 Å². The van der Waals surface area contributed by atoms with Gasteiger partial charge in [0.15, 0.2) is 11.5 Å². The third-order valence-electron chi connectivity index (χ3n) is 4.82. The summed E-state index contributed by atoms with van der Waals surface area (Å²) >= 11 is 1.43. The molecule has 0 fully saturated rings. The van der Waals surface area contributed by atoms with Crippen LogP contribution >= 0.6 is 11.3 Å². The Labute approximate surface area is 167 Å². The standard InChI is InChI=1S/C20H24N2O5S/c1-25-13-9-11(10-14(26-2)17(13)27-3)19(24)22-20-16(18(21)23)12-7-5-4-6-8-15(12)28-20/h9-10H,4-8H2,1-3H3,(H2,21,23)(H,22,24). The zero-order valence-electron chi connectivity index (χ0n) is 16.2. The SMILES string of the molecule is COc1cc(C(=O)Nc2sc3c(c2C(N)=O)CCCCC3)cc(OC)c1OC. The molecule has 3 rings (SSSR count). The summed E-state index contributed by atoms with van der Waals surface area (Å²) < 4.78 is 15.9. The molecule has 2 aromatic rings. The molecule has 0 saturated heterocycles. The normalized spacial score (nSPS) is 13.2. The number of carbonyl (C=O) groups excluding carboxylic acids is 2. The third kappa shape index (κ3) is 3.77. The quantitative estimate of drug-likeness (QED) is 0.719. The number of methoxy groups -OCH3 is 3. The van der Waals surface area contributed by atoms with E-state index in [0.29, 0.717) is 33.4 Å². The molecular weight excluding hydrogens is 380 g/mol. The summed E-state index contributed by atoms with van der Waals surface area (Å²) in [5.41, 5.74) is 7.38. The van der Waals surface area contributed by atoms with Crippen LogP contribution in [0.4, 0.5) is 5.00 Å². The van der Waals surface area contributed by atoms with Gasteiger partial charge in [0.05, 0.1) is 26.9 Å². The summed E-state index contributed by atoms with van der Waals surface area (Å²) in [6, 6.07) is 3.14. The van der Waals surface area contributed by atoms with E-state index in [1.54, 1.807) is 12.1 Å². The molecule has 150 valence electrons. The second-order valence-electron chi connectivity index (χ2n) is 6.50. The predicted octanol–water partition coefficient (Wildman–Crippen LogP) is 3.39. The highest BCUT2D eigenvalue weighted by Crippen LogP contribution is 2.40. The summed E-state index contributed by atoms with van der Waals surface area (Å²) in [5, 5.41) is 3.35. The number of carbonyl (C=O) groups is 2. The Morgan fingerprint density at radius 1 is 1.00 bits per heavy atom. The molecule has 0 spiro atoms. The number of nitrogens with two attached hydrogens (primary N) is 1. The Hall–Kier alpha value is -2.74. The van der Waals surface area contributed by atoms with Crippen LogP contribution in [0.5, 0.6) is 17.2 Å². The van der Waals surface area contributed by atoms with Crippen molar-refractivity contribution in [1.82, 2.24) is 0 Å². The van der Waals surface area contributed by atoms with Crippen molar-refractivity contribution in [3.8, 4) is 17.2 Å². The molecule has 1 aliphatic rings. The van der Waals surface area contributed by atoms with Gasteiger partial charge in [0, 0.05) is 10.4 Å². The summed E-state index contributed by atoms with van der Waals surface area (Å²) in [6.07, 6.45) is 4.94. The largest absolute Gasteiger partial charge is 0.493 e. The van der Waals surface area contributed by atoms with E-state index in [0.717, 1.165) is 42.5 Å². The number of hydrogen-bond donors (Lipinski definition) is 2. The molecule has 28 heavy (non-hydrogen) atoms. The number of ether oxygens (including phenoxy) is 3. The fourth-order valence-corrected chi connectivity index (χ4v) is 4.77. The van der Waals surface area contributed by atoms with E-state index in [2.05, 4.69) is 5.32 Å². The van der Waals surface area contributed by atoms with E-state index in [9.17, 15) is 9.59 Å². The molecule has 1 heterocycles. The Bertz CT molecular complexity index is 881. The maximum absolute atomic E-state index is 12.9. The first-order chi connectivity index (χ1) is 13.5. The first-order valence-corrected chi connectivity index (χ1v) is 9.87. The van der Waals surface area contributed by atoms with Gasteiger partial charge in [0.1, 0.15) is 5.00 Å². The van der Waals surface area contributed by atoms with E-state index in [4.69, 9.17) is 19.9 Å². The molecule has 1 aromatic carbocycles. The Balaban J connectivity index is 1.97. The van der Waals surface area contributed by atoms with Crippen LogP contribution in [0.2, 0.25) is 0 Å². The first-order valence-electron chi connectivity index (χ1n) is 9.05. The van der Waals surface area contributed by atoms with E-state index in [1.165, 1.54) is 32.7 Å². The lowest BCUT2D eigenvalue weighted by atomic mass is 10.1. The molecule has 0 atom stereocenters. The van der Waals surface area contributed by atoms with Crippen molar-refractivity contribution >= 4 is 28.2 Å². The molecule has 0 radical (unpaired) electrons. The number of primary amides is 1. The number of rotatable bonds is 6. The van der Waals surface area contributed by atoms with E-state index in [1.807, 2.05) is 0 Å². The molecule has 0 bridgehead atoms. The zero-order valence-corrected chi connectivity index (χ0v) is 17.0. The molecule has 0 aliphatic heterocycles. The first kappa shape index (κ1) is 20.0. The zero-order chi connectivity index (χ0) is 20.3. The average Bonchev–Trinajstić information content (AvgIpc) is 2.87. The third-order valence-corrected chi connectivity index (χ3v) is 6.03. The number of hydrogen-bond acceptors (Lipinski definition) is 6. The highest BCUT2D eigenvalue weighted by Gasteiger charge is 2.25. The van der Waals surface area contributed by atoms with Crippen LogP contribution < -0.4 is 25.3 Å². The van der Waals surface area contributed by atoms with Gasteiger partial charge in [0.2, 0.25) is 5.75 Å². The number of fused-ring (bicyclic) bond motifs is 1. The Kier molecular flexibility index (Phi) is 6.08. The van der Waals surface area contributed by atoms with Crippen molar-refractivity contribution in [2.24, 2.45) is 5.73 Å². The minimum absolute atomic E-state index is 0.327. The number of nitrogens with one attached hydrogen (secondary N) is 1. The van der Waals surface area contributed by atoms with Crippen LogP contribution in [0.25, 0.3) is 0 Å². The topological polar surface area (TPSA) is 99.9 Å². The van der Waals surface area contributed by atoms with Crippen molar-refractivity contribution in [2.75, 3.05) is 26.6 Å². The second kappa shape index (κ2) is 8.52. The highest BCUT2D eigenvalue weighted by atomic mass is 32.1. The van der Waals surface area contributed by atoms with Crippen LogP contribution in [0.1, 0.15) is 50.4 Å². The fourth-order valence-electron chi connectivity index (χ4n) is 3.48. The van der Waals surface area contributed by atoms with Crippen molar-refractivity contribution in [3.05, 3.63) is 33.7 Å². The van der Waals surface area contributed by atoms with Gasteiger partial charge < -0.3 is 25.3 Å². The molecule has 1 aromatic heterocycles. The Morgan fingerprint density at radius 2 is 1.64 bits per heavy atom. The predicted molar refractivity (Wildman–Crippen MR) is 108 cm³/mol. The maximum Gasteiger partial charge on any atom is 0.256 e. The van der Waals surface area contributed by atoms with Crippen molar-refractivity contribution in [1.29, 1.82) is 0 Å². The van der Waals surface area contributed by atoms with Crippen LogP contribution in [-0.2, 0) is 12.8 Å². The van der Waals surface area contributed by atoms with E-state index in [-0.39, 0.29) is 5.91 Å². The van der Waals surface area contributed by atoms with Gasteiger partial charge in [-0.1, -0.05) is 6.42 Å². The number of aryl methyl sites for hydroxylation is 1. The second-order valence-corrected chi connectivity index (χ2v) is 7.61. The van der Waals surface area contributed by atoms with Gasteiger partial charge in [-0.05, 0) is 43.4 Å². The lowest BCUT2D eigenvalue weighted by Gasteiger charge is -2.14. The number of benzene rings is 1. The fraction of sp³-hybridized carbons (Fsp3) is 0.400. The lowest BCUT2D eigenvalue weighted by molar-refractivity contribution is 0.100. The van der Waals surface area contributed by atoms with Crippen molar-refractivity contribution in [3.63, 3.8) is 0 Å².